The van der Waals surface area contributed by atoms with Crippen LogP contribution in [0.1, 0.15) is 31.6 Å². The molecule has 0 bridgehead atoms. The molecular formula is C16H19BrN2O2. The van der Waals surface area contributed by atoms with Crippen LogP contribution in [0.5, 0.6) is 0 Å². The fourth-order valence-electron chi connectivity index (χ4n) is 2.31. The number of rotatable bonds is 6. The van der Waals surface area contributed by atoms with E-state index < -0.39 is 0 Å². The molecule has 0 radical (unpaired) electrons. The molecule has 3 rings (SSSR count). The molecule has 0 aliphatic heterocycles. The van der Waals surface area contributed by atoms with Crippen LogP contribution < -0.4 is 10.6 Å². The molecule has 1 amide bonds. The molecule has 1 fully saturated rings. The number of fused-ring (bicyclic) bond motifs is 1. The van der Waals surface area contributed by atoms with Gasteiger partial charge in [0.1, 0.15) is 11.3 Å². The second-order valence-electron chi connectivity index (χ2n) is 5.57. The quantitative estimate of drug-likeness (QED) is 0.785. The van der Waals surface area contributed by atoms with Gasteiger partial charge in [-0.05, 0) is 44.0 Å². The second kappa shape index (κ2) is 6.20. The fourth-order valence-corrected chi connectivity index (χ4v) is 2.69. The van der Waals surface area contributed by atoms with Gasteiger partial charge >= 0.3 is 0 Å². The third-order valence-corrected chi connectivity index (χ3v) is 4.24. The Balaban J connectivity index is 1.51. The maximum atomic E-state index is 11.5. The Morgan fingerprint density at radius 1 is 1.38 bits per heavy atom. The third-order valence-electron chi connectivity index (χ3n) is 3.75. The zero-order chi connectivity index (χ0) is 14.8. The Morgan fingerprint density at radius 2 is 2.19 bits per heavy atom. The fraction of sp³-hybridized carbons (Fsp3) is 0.438. The van der Waals surface area contributed by atoms with Gasteiger partial charge in [-0.15, -0.1) is 0 Å². The smallest absolute Gasteiger partial charge is 0.223 e. The molecule has 0 saturated heterocycles. The minimum absolute atomic E-state index is 0.119. The van der Waals surface area contributed by atoms with E-state index in [0.29, 0.717) is 6.54 Å². The molecule has 1 aliphatic rings. The third kappa shape index (κ3) is 3.66. The average Bonchev–Trinajstić information content (AvgIpc) is 3.23. The Kier molecular flexibility index (Phi) is 4.31. The van der Waals surface area contributed by atoms with Crippen molar-refractivity contribution in [1.82, 2.24) is 10.6 Å². The standard InChI is InChI=1S/C16H19BrN2O2/c1-10(18-6-7-19-16(20)11-2-3-11)15-9-12-8-13(17)4-5-14(12)21-15/h4-5,8-11,18H,2-3,6-7H2,1H3,(H,19,20). The van der Waals surface area contributed by atoms with Crippen LogP contribution in [0.4, 0.5) is 0 Å². The van der Waals surface area contributed by atoms with Crippen LogP contribution >= 0.6 is 15.9 Å². The number of nitrogens with one attached hydrogen (secondary N) is 2. The van der Waals surface area contributed by atoms with Crippen molar-refractivity contribution in [3.05, 3.63) is 34.5 Å². The zero-order valence-electron chi connectivity index (χ0n) is 12.0. The van der Waals surface area contributed by atoms with Crippen LogP contribution in [0.3, 0.4) is 0 Å². The van der Waals surface area contributed by atoms with Crippen molar-refractivity contribution in [3.8, 4) is 0 Å². The maximum absolute atomic E-state index is 11.5. The topological polar surface area (TPSA) is 54.3 Å². The molecule has 2 N–H and O–H groups in total. The lowest BCUT2D eigenvalue weighted by Gasteiger charge is -2.11. The van der Waals surface area contributed by atoms with Crippen LogP contribution in [0.15, 0.2) is 33.2 Å². The number of carbonyl (C=O) groups is 1. The summed E-state index contributed by atoms with van der Waals surface area (Å²) in [6, 6.07) is 8.16. The lowest BCUT2D eigenvalue weighted by Crippen LogP contribution is -2.33. The maximum Gasteiger partial charge on any atom is 0.223 e. The molecule has 1 heterocycles. The number of amides is 1. The van der Waals surface area contributed by atoms with Gasteiger partial charge in [-0.25, -0.2) is 0 Å². The van der Waals surface area contributed by atoms with Crippen LogP contribution in [-0.2, 0) is 4.79 Å². The van der Waals surface area contributed by atoms with Gasteiger partial charge in [-0.3, -0.25) is 4.79 Å². The number of hydrogen-bond donors (Lipinski definition) is 2. The molecule has 1 aliphatic carbocycles. The highest BCUT2D eigenvalue weighted by Crippen LogP contribution is 2.28. The zero-order valence-corrected chi connectivity index (χ0v) is 13.6. The van der Waals surface area contributed by atoms with E-state index in [1.165, 1.54) is 0 Å². The minimum atomic E-state index is 0.119. The van der Waals surface area contributed by atoms with E-state index in [1.807, 2.05) is 18.2 Å². The predicted octanol–water partition coefficient (Wildman–Crippen LogP) is 3.37. The molecule has 2 aromatic rings. The normalized spacial score (nSPS) is 16.1. The average molecular weight is 351 g/mol. The Hall–Kier alpha value is -1.33. The van der Waals surface area contributed by atoms with Crippen molar-refractivity contribution < 1.29 is 9.21 Å². The second-order valence-corrected chi connectivity index (χ2v) is 6.49. The molecular weight excluding hydrogens is 332 g/mol. The van der Waals surface area contributed by atoms with Crippen molar-refractivity contribution in [1.29, 1.82) is 0 Å². The van der Waals surface area contributed by atoms with E-state index >= 15 is 0 Å². The summed E-state index contributed by atoms with van der Waals surface area (Å²) >= 11 is 3.46. The Morgan fingerprint density at radius 3 is 2.95 bits per heavy atom. The summed E-state index contributed by atoms with van der Waals surface area (Å²) < 4.78 is 6.89. The van der Waals surface area contributed by atoms with E-state index in [1.54, 1.807) is 0 Å². The van der Waals surface area contributed by atoms with Crippen LogP contribution in [0.2, 0.25) is 0 Å². The molecule has 1 saturated carbocycles. The predicted molar refractivity (Wildman–Crippen MR) is 86.1 cm³/mol. The van der Waals surface area contributed by atoms with Crippen molar-refractivity contribution in [2.24, 2.45) is 5.92 Å². The van der Waals surface area contributed by atoms with Crippen molar-refractivity contribution in [2.75, 3.05) is 13.1 Å². The van der Waals surface area contributed by atoms with Gasteiger partial charge in [0.25, 0.3) is 0 Å². The van der Waals surface area contributed by atoms with Gasteiger partial charge < -0.3 is 15.1 Å². The first-order valence-corrected chi connectivity index (χ1v) is 8.13. The summed E-state index contributed by atoms with van der Waals surface area (Å²) in [6.07, 6.45) is 2.09. The molecule has 1 aromatic carbocycles. The van der Waals surface area contributed by atoms with E-state index in [4.69, 9.17) is 4.42 Å². The molecule has 21 heavy (non-hydrogen) atoms. The first-order chi connectivity index (χ1) is 10.1. The van der Waals surface area contributed by atoms with Gasteiger partial charge in [0.2, 0.25) is 5.91 Å². The summed E-state index contributed by atoms with van der Waals surface area (Å²) in [4.78, 5) is 11.5. The molecule has 0 spiro atoms. The molecule has 5 heteroatoms. The molecule has 1 atom stereocenters. The van der Waals surface area contributed by atoms with Crippen molar-refractivity contribution >= 4 is 32.8 Å². The Bertz CT molecular complexity index is 649. The summed E-state index contributed by atoms with van der Waals surface area (Å²) in [5.74, 6) is 1.38. The number of carbonyl (C=O) groups excluding carboxylic acids is 1. The van der Waals surface area contributed by atoms with Crippen LogP contribution in [0, 0.1) is 5.92 Å². The largest absolute Gasteiger partial charge is 0.459 e. The van der Waals surface area contributed by atoms with Gasteiger partial charge in [0, 0.05) is 28.9 Å². The monoisotopic (exact) mass is 350 g/mol. The first-order valence-electron chi connectivity index (χ1n) is 7.33. The number of halogens is 1. The highest BCUT2D eigenvalue weighted by molar-refractivity contribution is 9.10. The van der Waals surface area contributed by atoms with E-state index in [-0.39, 0.29) is 17.9 Å². The summed E-state index contributed by atoms with van der Waals surface area (Å²) in [5.41, 5.74) is 0.892. The Labute approximate surface area is 132 Å². The van der Waals surface area contributed by atoms with Crippen molar-refractivity contribution in [3.63, 3.8) is 0 Å². The molecule has 1 aromatic heterocycles. The lowest BCUT2D eigenvalue weighted by molar-refractivity contribution is -0.122. The lowest BCUT2D eigenvalue weighted by atomic mass is 10.2. The summed E-state index contributed by atoms with van der Waals surface area (Å²) in [5, 5.41) is 7.41. The summed E-state index contributed by atoms with van der Waals surface area (Å²) in [6.45, 7) is 3.46. The SMILES string of the molecule is CC(NCCNC(=O)C1CC1)c1cc2cc(Br)ccc2o1. The van der Waals surface area contributed by atoms with Crippen molar-refractivity contribution in [2.45, 2.75) is 25.8 Å². The molecule has 4 nitrogen and oxygen atoms in total. The van der Waals surface area contributed by atoms with Crippen LogP contribution in [0.25, 0.3) is 11.0 Å². The minimum Gasteiger partial charge on any atom is -0.459 e. The first kappa shape index (κ1) is 14.6. The summed E-state index contributed by atoms with van der Waals surface area (Å²) in [7, 11) is 0. The number of hydrogen-bond acceptors (Lipinski definition) is 3. The highest BCUT2D eigenvalue weighted by Gasteiger charge is 2.28. The van der Waals surface area contributed by atoms with E-state index in [9.17, 15) is 4.79 Å². The number of benzene rings is 1. The van der Waals surface area contributed by atoms with Gasteiger partial charge in [-0.2, -0.15) is 0 Å². The van der Waals surface area contributed by atoms with Gasteiger partial charge in [0.15, 0.2) is 0 Å². The number of furan rings is 1. The molecule has 112 valence electrons. The highest BCUT2D eigenvalue weighted by atomic mass is 79.9. The van der Waals surface area contributed by atoms with Gasteiger partial charge in [0.05, 0.1) is 6.04 Å². The van der Waals surface area contributed by atoms with Crippen LogP contribution in [-0.4, -0.2) is 19.0 Å². The van der Waals surface area contributed by atoms with E-state index in [2.05, 4.69) is 39.6 Å². The van der Waals surface area contributed by atoms with Gasteiger partial charge in [-0.1, -0.05) is 15.9 Å². The molecule has 1 unspecified atom stereocenters. The van der Waals surface area contributed by atoms with E-state index in [0.717, 1.165) is 40.6 Å².